The maximum Gasteiger partial charge on any atom is 0.269 e. The maximum absolute atomic E-state index is 12.9. The molecule has 0 radical (unpaired) electrons. The van der Waals surface area contributed by atoms with E-state index in [-0.39, 0.29) is 22.7 Å². The first kappa shape index (κ1) is 26.4. The van der Waals surface area contributed by atoms with E-state index >= 15 is 0 Å². The van der Waals surface area contributed by atoms with E-state index < -0.39 is 14.9 Å². The fraction of sp³-hybridized carbons (Fsp3) is 0.652. The zero-order valence-corrected chi connectivity index (χ0v) is 19.9. The minimum absolute atomic E-state index is 0.0800. The Hall–Kier alpha value is -1.81. The zero-order valence-electron chi connectivity index (χ0n) is 19.1. The fourth-order valence-electron chi connectivity index (χ4n) is 3.96. The minimum atomic E-state index is -3.68. The van der Waals surface area contributed by atoms with Crippen molar-refractivity contribution in [3.05, 3.63) is 47.0 Å². The van der Waals surface area contributed by atoms with Crippen LogP contribution in [-0.4, -0.2) is 56.5 Å². The van der Waals surface area contributed by atoms with Gasteiger partial charge in [-0.05, 0) is 70.2 Å². The standard InChI is InChI=1S/C23H37N3O5S/c1-3-4-17-24-18-7-5-6-8-19-31-22-13-9-20(10-14-22)25(2)32(29,30)23-15-11-21(12-16-23)26(27)28/h3,11-12,15-16,20,22,24H,1,4-10,13-14,17-19H2,2H3/t20-,22-. The summed E-state index contributed by atoms with van der Waals surface area (Å²) in [5.74, 6) is 0. The third-order valence-corrected chi connectivity index (χ3v) is 7.93. The lowest BCUT2D eigenvalue weighted by Crippen LogP contribution is -2.40. The van der Waals surface area contributed by atoms with Crippen LogP contribution in [0.1, 0.15) is 57.8 Å². The average molecular weight is 468 g/mol. The summed E-state index contributed by atoms with van der Waals surface area (Å²) < 4.78 is 33.2. The van der Waals surface area contributed by atoms with Crippen molar-refractivity contribution >= 4 is 15.7 Å². The van der Waals surface area contributed by atoms with E-state index in [1.165, 1.54) is 41.4 Å². The van der Waals surface area contributed by atoms with Gasteiger partial charge < -0.3 is 10.1 Å². The summed E-state index contributed by atoms with van der Waals surface area (Å²) in [5, 5.41) is 14.2. The van der Waals surface area contributed by atoms with Gasteiger partial charge in [-0.1, -0.05) is 18.9 Å². The lowest BCUT2D eigenvalue weighted by atomic mass is 9.93. The number of hydrogen-bond donors (Lipinski definition) is 1. The molecule has 0 heterocycles. The highest BCUT2D eigenvalue weighted by molar-refractivity contribution is 7.89. The molecule has 1 aliphatic carbocycles. The van der Waals surface area contributed by atoms with Crippen LogP contribution in [0.5, 0.6) is 0 Å². The molecule has 1 saturated carbocycles. The van der Waals surface area contributed by atoms with E-state index in [4.69, 9.17) is 4.74 Å². The molecule has 0 atom stereocenters. The van der Waals surface area contributed by atoms with Crippen LogP contribution in [0.2, 0.25) is 0 Å². The largest absolute Gasteiger partial charge is 0.378 e. The zero-order chi connectivity index (χ0) is 23.4. The molecule has 1 aromatic carbocycles. The maximum atomic E-state index is 12.9. The summed E-state index contributed by atoms with van der Waals surface area (Å²) in [5.41, 5.74) is -0.121. The Labute approximate surface area is 192 Å². The third-order valence-electron chi connectivity index (χ3n) is 6.01. The number of non-ortho nitro benzene ring substituents is 1. The predicted molar refractivity (Wildman–Crippen MR) is 126 cm³/mol. The van der Waals surface area contributed by atoms with Gasteiger partial charge in [0.2, 0.25) is 10.0 Å². The summed E-state index contributed by atoms with van der Waals surface area (Å²) in [6.07, 6.45) is 10.9. The lowest BCUT2D eigenvalue weighted by molar-refractivity contribution is -0.384. The minimum Gasteiger partial charge on any atom is -0.378 e. The number of sulfonamides is 1. The van der Waals surface area contributed by atoms with Gasteiger partial charge in [-0.25, -0.2) is 8.42 Å². The van der Waals surface area contributed by atoms with E-state index in [0.29, 0.717) is 0 Å². The first-order valence-corrected chi connectivity index (χ1v) is 13.0. The van der Waals surface area contributed by atoms with Crippen molar-refractivity contribution in [1.82, 2.24) is 9.62 Å². The number of unbranched alkanes of at least 4 members (excludes halogenated alkanes) is 3. The van der Waals surface area contributed by atoms with E-state index in [2.05, 4.69) is 11.9 Å². The SMILES string of the molecule is C=CCCNCCCCCCO[C@H]1CC[C@H](N(C)S(=O)(=O)c2ccc([N+](=O)[O-])cc2)CC1. The fourth-order valence-corrected chi connectivity index (χ4v) is 5.38. The molecule has 0 aromatic heterocycles. The van der Waals surface area contributed by atoms with Crippen molar-refractivity contribution in [2.45, 2.75) is 74.8 Å². The number of benzene rings is 1. The number of nitrogens with zero attached hydrogens (tertiary/aromatic N) is 2. The van der Waals surface area contributed by atoms with Gasteiger partial charge >= 0.3 is 0 Å². The highest BCUT2D eigenvalue weighted by atomic mass is 32.2. The van der Waals surface area contributed by atoms with Crippen LogP contribution in [0.25, 0.3) is 0 Å². The lowest BCUT2D eigenvalue weighted by Gasteiger charge is -2.34. The molecule has 0 unspecified atom stereocenters. The summed E-state index contributed by atoms with van der Waals surface area (Å²) in [6.45, 7) is 6.52. The Morgan fingerprint density at radius 3 is 2.41 bits per heavy atom. The molecule has 180 valence electrons. The van der Waals surface area contributed by atoms with Gasteiger partial charge in [-0.2, -0.15) is 4.31 Å². The molecule has 1 fully saturated rings. The molecule has 8 nitrogen and oxygen atoms in total. The molecule has 1 aromatic rings. The number of nitrogens with one attached hydrogen (secondary N) is 1. The van der Waals surface area contributed by atoms with E-state index in [9.17, 15) is 18.5 Å². The van der Waals surface area contributed by atoms with E-state index in [1.807, 2.05) is 6.08 Å². The van der Waals surface area contributed by atoms with Crippen molar-refractivity contribution in [3.8, 4) is 0 Å². The topological polar surface area (TPSA) is 102 Å². The number of hydrogen-bond acceptors (Lipinski definition) is 6. The smallest absolute Gasteiger partial charge is 0.269 e. The van der Waals surface area contributed by atoms with Crippen molar-refractivity contribution in [1.29, 1.82) is 0 Å². The second-order valence-corrected chi connectivity index (χ2v) is 10.3. The number of nitro groups is 1. The summed E-state index contributed by atoms with van der Waals surface area (Å²) in [7, 11) is -2.08. The molecule has 0 amide bonds. The van der Waals surface area contributed by atoms with Crippen molar-refractivity contribution in [2.24, 2.45) is 0 Å². The van der Waals surface area contributed by atoms with Crippen LogP contribution < -0.4 is 5.32 Å². The van der Waals surface area contributed by atoms with Gasteiger partial charge in [0.15, 0.2) is 0 Å². The predicted octanol–water partition coefficient (Wildman–Crippen LogP) is 4.27. The molecular weight excluding hydrogens is 430 g/mol. The highest BCUT2D eigenvalue weighted by Gasteiger charge is 2.32. The molecule has 0 aliphatic heterocycles. The molecule has 0 bridgehead atoms. The van der Waals surface area contributed by atoms with Gasteiger partial charge in [0.05, 0.1) is 15.9 Å². The Morgan fingerprint density at radius 1 is 1.12 bits per heavy atom. The molecule has 9 heteroatoms. The molecule has 1 aliphatic rings. The highest BCUT2D eigenvalue weighted by Crippen LogP contribution is 2.29. The van der Waals surface area contributed by atoms with Crippen LogP contribution >= 0.6 is 0 Å². The normalized spacial score (nSPS) is 19.2. The molecule has 0 saturated heterocycles. The summed E-state index contributed by atoms with van der Waals surface area (Å²) in [4.78, 5) is 10.3. The Morgan fingerprint density at radius 2 is 1.78 bits per heavy atom. The van der Waals surface area contributed by atoms with Gasteiger partial charge in [0, 0.05) is 31.8 Å². The molecule has 0 spiro atoms. The van der Waals surface area contributed by atoms with E-state index in [0.717, 1.165) is 64.6 Å². The Kier molecular flexibility index (Phi) is 11.3. The number of rotatable bonds is 15. The number of nitro benzene ring substituents is 1. The number of ether oxygens (including phenoxy) is 1. The van der Waals surface area contributed by atoms with Gasteiger partial charge in [-0.15, -0.1) is 6.58 Å². The monoisotopic (exact) mass is 467 g/mol. The van der Waals surface area contributed by atoms with Crippen molar-refractivity contribution < 1.29 is 18.1 Å². The van der Waals surface area contributed by atoms with Crippen molar-refractivity contribution in [3.63, 3.8) is 0 Å². The molecule has 32 heavy (non-hydrogen) atoms. The summed E-state index contributed by atoms with van der Waals surface area (Å²) in [6, 6.07) is 4.98. The average Bonchev–Trinajstić information content (AvgIpc) is 2.80. The van der Waals surface area contributed by atoms with Crippen LogP contribution in [0.15, 0.2) is 41.8 Å². The van der Waals surface area contributed by atoms with E-state index in [1.54, 1.807) is 7.05 Å². The second-order valence-electron chi connectivity index (χ2n) is 8.32. The van der Waals surface area contributed by atoms with Gasteiger partial charge in [0.1, 0.15) is 0 Å². The van der Waals surface area contributed by atoms with Crippen LogP contribution in [0, 0.1) is 10.1 Å². The molecule has 2 rings (SSSR count). The first-order valence-electron chi connectivity index (χ1n) is 11.5. The van der Waals surface area contributed by atoms with Crippen LogP contribution in [0.4, 0.5) is 5.69 Å². The first-order chi connectivity index (χ1) is 15.4. The Bertz CT molecular complexity index is 805. The van der Waals surface area contributed by atoms with Crippen LogP contribution in [0.3, 0.4) is 0 Å². The van der Waals surface area contributed by atoms with Gasteiger partial charge in [-0.3, -0.25) is 10.1 Å². The quantitative estimate of drug-likeness (QED) is 0.179. The third kappa shape index (κ3) is 8.27. The summed E-state index contributed by atoms with van der Waals surface area (Å²) >= 11 is 0. The van der Waals surface area contributed by atoms with Gasteiger partial charge in [0.25, 0.3) is 5.69 Å². The Balaban J connectivity index is 1.65. The molecular formula is C23H37N3O5S. The van der Waals surface area contributed by atoms with Crippen molar-refractivity contribution in [2.75, 3.05) is 26.7 Å². The second kappa shape index (κ2) is 13.7. The van der Waals surface area contributed by atoms with Crippen LogP contribution in [-0.2, 0) is 14.8 Å². The molecule has 1 N–H and O–H groups in total.